The summed E-state index contributed by atoms with van der Waals surface area (Å²) in [5, 5.41) is 20.0. The van der Waals surface area contributed by atoms with Crippen LogP contribution in [0.5, 0.6) is 5.88 Å². The lowest BCUT2D eigenvalue weighted by molar-refractivity contribution is -0.135. The predicted molar refractivity (Wildman–Crippen MR) is 164 cm³/mol. The van der Waals surface area contributed by atoms with Crippen molar-refractivity contribution in [3.63, 3.8) is 0 Å². The van der Waals surface area contributed by atoms with Crippen LogP contribution >= 0.6 is 0 Å². The maximum Gasteiger partial charge on any atom is 0.333 e. The van der Waals surface area contributed by atoms with E-state index in [2.05, 4.69) is 20.3 Å². The van der Waals surface area contributed by atoms with Gasteiger partial charge in [0.25, 0.3) is 5.91 Å². The second-order valence-electron chi connectivity index (χ2n) is 10.3. The number of nitrogens with zero attached hydrogens (tertiary/aromatic N) is 3. The zero-order chi connectivity index (χ0) is 30.8. The second-order valence-corrected chi connectivity index (χ2v) is 10.3. The zero-order valence-electron chi connectivity index (χ0n) is 24.8. The summed E-state index contributed by atoms with van der Waals surface area (Å²) < 4.78 is 4.79. The fourth-order valence-corrected chi connectivity index (χ4v) is 4.87. The molecule has 0 saturated carbocycles. The number of ether oxygens (including phenoxy) is 1. The number of β-amino-alcohol motifs (C(OH)–C–C–N with tert-alkyl or cyclic N) is 1. The molecule has 11 nitrogen and oxygen atoms in total. The normalized spacial score (nSPS) is 15.0. The molecule has 228 valence electrons. The number of aromatic amines is 1. The minimum absolute atomic E-state index is 0.0794. The molecule has 4 rings (SSSR count). The number of carbonyl (C=O) groups is 2. The second kappa shape index (κ2) is 15.3. The summed E-state index contributed by atoms with van der Waals surface area (Å²) in [6, 6.07) is 16.2. The molecule has 1 fully saturated rings. The van der Waals surface area contributed by atoms with E-state index in [9.17, 15) is 14.7 Å². The van der Waals surface area contributed by atoms with E-state index in [4.69, 9.17) is 19.7 Å². The lowest BCUT2D eigenvalue weighted by atomic mass is 9.99. The molecule has 0 atom stereocenters. The van der Waals surface area contributed by atoms with E-state index in [-0.39, 0.29) is 18.4 Å². The van der Waals surface area contributed by atoms with Crippen LogP contribution in [-0.4, -0.2) is 102 Å². The Morgan fingerprint density at radius 1 is 1.00 bits per heavy atom. The number of rotatable bonds is 12. The summed E-state index contributed by atoms with van der Waals surface area (Å²) in [7, 11) is 1.32. The van der Waals surface area contributed by atoms with Gasteiger partial charge in [0.2, 0.25) is 0 Å². The van der Waals surface area contributed by atoms with Crippen molar-refractivity contribution < 1.29 is 29.4 Å². The van der Waals surface area contributed by atoms with Gasteiger partial charge in [0.05, 0.1) is 37.3 Å². The molecule has 11 heteroatoms. The van der Waals surface area contributed by atoms with Gasteiger partial charge in [0, 0.05) is 61.7 Å². The highest BCUT2D eigenvalue weighted by molar-refractivity contribution is 6.16. The molecule has 3 aromatic rings. The minimum atomic E-state index is -0.463. The number of H-pyrrole nitrogens is 1. The summed E-state index contributed by atoms with van der Waals surface area (Å²) in [6.45, 7) is 9.03. The van der Waals surface area contributed by atoms with Crippen LogP contribution in [-0.2, 0) is 14.4 Å². The molecule has 1 saturated heterocycles. The van der Waals surface area contributed by atoms with Crippen molar-refractivity contribution in [3.8, 4) is 5.88 Å². The highest BCUT2D eigenvalue weighted by Crippen LogP contribution is 2.30. The first-order valence-electron chi connectivity index (χ1n) is 14.2. The first-order valence-corrected chi connectivity index (χ1v) is 14.2. The van der Waals surface area contributed by atoms with Gasteiger partial charge in [0.1, 0.15) is 0 Å². The van der Waals surface area contributed by atoms with E-state index in [0.29, 0.717) is 59.1 Å². The van der Waals surface area contributed by atoms with Crippen LogP contribution in [0.1, 0.15) is 39.7 Å². The number of aromatic hydroxyl groups is 1. The molecule has 1 aliphatic rings. The summed E-state index contributed by atoms with van der Waals surface area (Å²) in [5.41, 5.74) is 6.98. The lowest BCUT2D eigenvalue weighted by Crippen LogP contribution is -2.48. The van der Waals surface area contributed by atoms with Crippen LogP contribution in [0, 0.1) is 6.92 Å². The minimum Gasteiger partial charge on any atom is -0.494 e. The van der Waals surface area contributed by atoms with Crippen LogP contribution in [0.25, 0.3) is 6.08 Å². The van der Waals surface area contributed by atoms with Crippen LogP contribution in [0.2, 0.25) is 0 Å². The quantitative estimate of drug-likeness (QED) is 0.0831. The first kappa shape index (κ1) is 31.6. The molecule has 2 heterocycles. The van der Waals surface area contributed by atoms with Crippen molar-refractivity contribution in [1.29, 1.82) is 0 Å². The Labute approximate surface area is 251 Å². The standard InChI is InChI=1S/C32H39N5O6/c1-22(32(41)42-3)21-27-23(2)28(31(40)34-27)29(24-7-5-4-6-8-24)33-26-11-9-25(10-12-26)30(39)35-43-20-18-37-15-13-36(14-16-37)17-19-38/h4-12,21,34,38,40H,13-20H2,1-3H3,(H,35,39)/b22-21+,33-29?. The lowest BCUT2D eigenvalue weighted by Gasteiger charge is -2.34. The Morgan fingerprint density at radius 2 is 1.65 bits per heavy atom. The number of methoxy groups -OCH3 is 1. The van der Waals surface area contributed by atoms with Gasteiger partial charge in [-0.25, -0.2) is 15.3 Å². The van der Waals surface area contributed by atoms with Crippen LogP contribution in [0.3, 0.4) is 0 Å². The monoisotopic (exact) mass is 589 g/mol. The number of aliphatic imine (C=N–C) groups is 1. The summed E-state index contributed by atoms with van der Waals surface area (Å²) in [5.74, 6) is -0.901. The van der Waals surface area contributed by atoms with E-state index < -0.39 is 5.97 Å². The van der Waals surface area contributed by atoms with E-state index in [0.717, 1.165) is 31.7 Å². The SMILES string of the molecule is COC(=O)/C(C)=C/c1[nH]c(O)c(C(=Nc2ccc(C(=O)NOCCN3CCN(CCO)CC3)cc2)c2ccccc2)c1C. The summed E-state index contributed by atoms with van der Waals surface area (Å²) in [6.07, 6.45) is 1.63. The Kier molecular flexibility index (Phi) is 11.2. The molecule has 0 bridgehead atoms. The third-order valence-corrected chi connectivity index (χ3v) is 7.35. The molecule has 0 spiro atoms. The number of aliphatic hydroxyl groups is 1. The van der Waals surface area contributed by atoms with Crippen LogP contribution in [0.15, 0.2) is 65.2 Å². The molecule has 1 amide bonds. The number of hydroxylamine groups is 1. The topological polar surface area (TPSA) is 140 Å². The van der Waals surface area contributed by atoms with Gasteiger partial charge >= 0.3 is 5.97 Å². The molecular formula is C32H39N5O6. The van der Waals surface area contributed by atoms with Gasteiger partial charge in [-0.15, -0.1) is 0 Å². The molecule has 2 aromatic carbocycles. The highest BCUT2D eigenvalue weighted by Gasteiger charge is 2.21. The molecule has 1 aromatic heterocycles. The molecule has 0 radical (unpaired) electrons. The van der Waals surface area contributed by atoms with Gasteiger partial charge in [-0.2, -0.15) is 0 Å². The number of piperazine rings is 1. The smallest absolute Gasteiger partial charge is 0.333 e. The van der Waals surface area contributed by atoms with Crippen molar-refractivity contribution in [2.75, 3.05) is 59.6 Å². The molecule has 1 aliphatic heterocycles. The maximum atomic E-state index is 12.6. The van der Waals surface area contributed by atoms with Crippen molar-refractivity contribution in [2.45, 2.75) is 13.8 Å². The molecule has 43 heavy (non-hydrogen) atoms. The number of carbonyl (C=O) groups excluding carboxylic acids is 2. The fraction of sp³-hybridized carbons (Fsp3) is 0.344. The maximum absolute atomic E-state index is 12.6. The third kappa shape index (κ3) is 8.39. The molecule has 4 N–H and O–H groups in total. The van der Waals surface area contributed by atoms with Crippen molar-refractivity contribution in [3.05, 3.63) is 88.1 Å². The largest absolute Gasteiger partial charge is 0.494 e. The third-order valence-electron chi connectivity index (χ3n) is 7.35. The van der Waals surface area contributed by atoms with Gasteiger partial charge in [-0.1, -0.05) is 30.3 Å². The van der Waals surface area contributed by atoms with Crippen LogP contribution in [0.4, 0.5) is 5.69 Å². The number of nitrogens with one attached hydrogen (secondary N) is 2. The Morgan fingerprint density at radius 3 is 2.28 bits per heavy atom. The molecular weight excluding hydrogens is 550 g/mol. The zero-order valence-corrected chi connectivity index (χ0v) is 24.8. The number of aliphatic hydroxyl groups excluding tert-OH is 1. The van der Waals surface area contributed by atoms with E-state index in [1.54, 1.807) is 37.3 Å². The summed E-state index contributed by atoms with van der Waals surface area (Å²) >= 11 is 0. The number of amides is 1. The first-order chi connectivity index (χ1) is 20.8. The number of aromatic nitrogens is 1. The average Bonchev–Trinajstić information content (AvgIpc) is 3.30. The average molecular weight is 590 g/mol. The van der Waals surface area contributed by atoms with E-state index >= 15 is 0 Å². The van der Waals surface area contributed by atoms with Gasteiger partial charge in [-0.05, 0) is 49.8 Å². The predicted octanol–water partition coefficient (Wildman–Crippen LogP) is 3.05. The Hall–Kier alpha value is -4.29. The summed E-state index contributed by atoms with van der Waals surface area (Å²) in [4.78, 5) is 42.3. The molecule has 0 aliphatic carbocycles. The van der Waals surface area contributed by atoms with Gasteiger partial charge in [-0.3, -0.25) is 19.4 Å². The van der Waals surface area contributed by atoms with Gasteiger partial charge < -0.3 is 19.9 Å². The van der Waals surface area contributed by atoms with Crippen molar-refractivity contribution >= 4 is 29.4 Å². The van der Waals surface area contributed by atoms with Crippen molar-refractivity contribution in [2.24, 2.45) is 4.99 Å². The number of hydrogen-bond acceptors (Lipinski definition) is 9. The fourth-order valence-electron chi connectivity index (χ4n) is 4.87. The van der Waals surface area contributed by atoms with Gasteiger partial charge in [0.15, 0.2) is 5.88 Å². The Balaban J connectivity index is 1.45. The van der Waals surface area contributed by atoms with E-state index in [1.807, 2.05) is 37.3 Å². The van der Waals surface area contributed by atoms with Crippen molar-refractivity contribution in [1.82, 2.24) is 20.3 Å². The number of hydrogen-bond donors (Lipinski definition) is 4. The molecule has 0 unspecified atom stereocenters. The van der Waals surface area contributed by atoms with Crippen LogP contribution < -0.4 is 5.48 Å². The Bertz CT molecular complexity index is 1440. The highest BCUT2D eigenvalue weighted by atomic mass is 16.7. The number of benzene rings is 2. The van der Waals surface area contributed by atoms with E-state index in [1.165, 1.54) is 7.11 Å². The number of esters is 1.